The first-order chi connectivity index (χ1) is 8.60. The van der Waals surface area contributed by atoms with E-state index in [2.05, 4.69) is 25.3 Å². The van der Waals surface area contributed by atoms with Gasteiger partial charge in [-0.25, -0.2) is 4.98 Å². The Bertz CT molecular complexity index is 533. The molecule has 2 aromatic heterocycles. The summed E-state index contributed by atoms with van der Waals surface area (Å²) in [4.78, 5) is 10.7. The van der Waals surface area contributed by atoms with Crippen LogP contribution < -0.4 is 10.2 Å². The minimum atomic E-state index is 0.633. The van der Waals surface area contributed by atoms with Crippen LogP contribution in [-0.4, -0.2) is 33.8 Å². The van der Waals surface area contributed by atoms with Crippen LogP contribution in [0, 0.1) is 6.92 Å². The van der Waals surface area contributed by atoms with Crippen LogP contribution in [0.4, 0.5) is 11.8 Å². The summed E-state index contributed by atoms with van der Waals surface area (Å²) in [6.07, 6.45) is 5.70. The summed E-state index contributed by atoms with van der Waals surface area (Å²) in [6.45, 7) is 2.78. The summed E-state index contributed by atoms with van der Waals surface area (Å²) in [5.74, 6) is 1.56. The molecule has 1 N–H and O–H groups in total. The van der Waals surface area contributed by atoms with Gasteiger partial charge >= 0.3 is 0 Å². The predicted molar refractivity (Wildman–Crippen MR) is 71.6 cm³/mol. The van der Waals surface area contributed by atoms with E-state index in [-0.39, 0.29) is 0 Å². The lowest BCUT2D eigenvalue weighted by Crippen LogP contribution is -2.19. The lowest BCUT2D eigenvalue weighted by Gasteiger charge is -2.19. The van der Waals surface area contributed by atoms with E-state index in [1.54, 1.807) is 4.68 Å². The van der Waals surface area contributed by atoms with Crippen LogP contribution in [0.25, 0.3) is 0 Å². The van der Waals surface area contributed by atoms with Crippen LogP contribution in [0.2, 0.25) is 0 Å². The van der Waals surface area contributed by atoms with Crippen LogP contribution in [0.5, 0.6) is 0 Å². The molecule has 0 bridgehead atoms. The second kappa shape index (κ2) is 5.03. The van der Waals surface area contributed by atoms with Crippen molar-refractivity contribution in [2.45, 2.75) is 13.5 Å². The molecule has 0 amide bonds. The molecule has 96 valence electrons. The fourth-order valence-electron chi connectivity index (χ4n) is 1.84. The van der Waals surface area contributed by atoms with Crippen molar-refractivity contribution in [2.24, 2.45) is 7.05 Å². The highest BCUT2D eigenvalue weighted by atomic mass is 15.3. The largest absolute Gasteiger partial charge is 0.357 e. The van der Waals surface area contributed by atoms with E-state index in [0.29, 0.717) is 5.95 Å². The van der Waals surface area contributed by atoms with Gasteiger partial charge in [0.1, 0.15) is 5.82 Å². The first-order valence-electron chi connectivity index (χ1n) is 5.80. The van der Waals surface area contributed by atoms with Gasteiger partial charge in [0.05, 0.1) is 6.20 Å². The summed E-state index contributed by atoms with van der Waals surface area (Å²) >= 11 is 0. The normalized spacial score (nSPS) is 10.4. The van der Waals surface area contributed by atoms with Crippen molar-refractivity contribution in [3.63, 3.8) is 0 Å². The van der Waals surface area contributed by atoms with Crippen LogP contribution in [0.1, 0.15) is 11.1 Å². The monoisotopic (exact) mass is 246 g/mol. The third kappa shape index (κ3) is 2.58. The molecule has 0 saturated heterocycles. The first kappa shape index (κ1) is 12.3. The lowest BCUT2D eigenvalue weighted by molar-refractivity contribution is 0.766. The smallest absolute Gasteiger partial charge is 0.224 e. The Labute approximate surface area is 107 Å². The van der Waals surface area contributed by atoms with Crippen LogP contribution >= 0.6 is 0 Å². The van der Waals surface area contributed by atoms with Crippen LogP contribution in [0.15, 0.2) is 18.6 Å². The molecule has 2 aromatic rings. The molecule has 18 heavy (non-hydrogen) atoms. The maximum atomic E-state index is 4.47. The van der Waals surface area contributed by atoms with Gasteiger partial charge in [0.2, 0.25) is 5.95 Å². The minimum absolute atomic E-state index is 0.633. The van der Waals surface area contributed by atoms with Crippen LogP contribution in [-0.2, 0) is 13.6 Å². The number of hydrogen-bond acceptors (Lipinski definition) is 5. The van der Waals surface area contributed by atoms with Crippen LogP contribution in [0.3, 0.4) is 0 Å². The van der Waals surface area contributed by atoms with Crippen molar-refractivity contribution >= 4 is 11.8 Å². The standard InChI is InChI=1S/C12H18N6/c1-9-5-14-12(13-2)16-11(9)17(3)7-10-6-15-18(4)8-10/h5-6,8H,7H2,1-4H3,(H,13,14,16). The molecule has 6 heteroatoms. The molecular formula is C12H18N6. The van der Waals surface area contributed by atoms with Gasteiger partial charge in [-0.3, -0.25) is 4.68 Å². The van der Waals surface area contributed by atoms with Crippen molar-refractivity contribution in [3.8, 4) is 0 Å². The molecule has 2 rings (SSSR count). The zero-order valence-corrected chi connectivity index (χ0v) is 11.2. The molecule has 0 radical (unpaired) electrons. The second-order valence-corrected chi connectivity index (χ2v) is 4.33. The third-order valence-electron chi connectivity index (χ3n) is 2.71. The summed E-state index contributed by atoms with van der Waals surface area (Å²) in [5, 5.41) is 7.12. The van der Waals surface area contributed by atoms with Gasteiger partial charge in [0, 0.05) is 51.2 Å². The predicted octanol–water partition coefficient (Wildman–Crippen LogP) is 1.20. The highest BCUT2D eigenvalue weighted by Gasteiger charge is 2.09. The molecule has 0 unspecified atom stereocenters. The van der Waals surface area contributed by atoms with Crippen molar-refractivity contribution in [1.29, 1.82) is 0 Å². The molecule has 2 heterocycles. The van der Waals surface area contributed by atoms with Gasteiger partial charge in [-0.2, -0.15) is 10.1 Å². The minimum Gasteiger partial charge on any atom is -0.357 e. The quantitative estimate of drug-likeness (QED) is 0.878. The van der Waals surface area contributed by atoms with E-state index in [1.165, 1.54) is 0 Å². The molecule has 0 aromatic carbocycles. The topological polar surface area (TPSA) is 58.9 Å². The van der Waals surface area contributed by atoms with Crippen molar-refractivity contribution in [3.05, 3.63) is 29.7 Å². The number of aryl methyl sites for hydroxylation is 2. The highest BCUT2D eigenvalue weighted by Crippen LogP contribution is 2.18. The Morgan fingerprint density at radius 2 is 2.17 bits per heavy atom. The van der Waals surface area contributed by atoms with Gasteiger partial charge in [0.15, 0.2) is 0 Å². The molecule has 6 nitrogen and oxygen atoms in total. The van der Waals surface area contributed by atoms with E-state index in [9.17, 15) is 0 Å². The molecule has 0 atom stereocenters. The Balaban J connectivity index is 2.20. The van der Waals surface area contributed by atoms with E-state index < -0.39 is 0 Å². The Kier molecular flexibility index (Phi) is 3.45. The summed E-state index contributed by atoms with van der Waals surface area (Å²) in [6, 6.07) is 0. The Hall–Kier alpha value is -2.11. The fraction of sp³-hybridized carbons (Fsp3) is 0.417. The van der Waals surface area contributed by atoms with Gasteiger partial charge in [-0.15, -0.1) is 0 Å². The summed E-state index contributed by atoms with van der Waals surface area (Å²) in [5.41, 5.74) is 2.21. The number of rotatable bonds is 4. The molecule has 0 spiro atoms. The van der Waals surface area contributed by atoms with Gasteiger partial charge in [-0.1, -0.05) is 0 Å². The molecule has 0 fully saturated rings. The fourth-order valence-corrected chi connectivity index (χ4v) is 1.84. The zero-order chi connectivity index (χ0) is 13.1. The highest BCUT2D eigenvalue weighted by molar-refractivity contribution is 5.48. The molecule has 0 aliphatic rings. The summed E-state index contributed by atoms with van der Waals surface area (Å²) in [7, 11) is 5.75. The number of aromatic nitrogens is 4. The zero-order valence-electron chi connectivity index (χ0n) is 11.2. The van der Waals surface area contributed by atoms with Gasteiger partial charge < -0.3 is 10.2 Å². The Morgan fingerprint density at radius 1 is 1.39 bits per heavy atom. The molecular weight excluding hydrogens is 228 g/mol. The van der Waals surface area contributed by atoms with Gasteiger partial charge in [-0.05, 0) is 6.92 Å². The molecule has 0 aliphatic heterocycles. The number of nitrogens with zero attached hydrogens (tertiary/aromatic N) is 5. The number of nitrogens with one attached hydrogen (secondary N) is 1. The second-order valence-electron chi connectivity index (χ2n) is 4.33. The molecule has 0 aliphatic carbocycles. The van der Waals surface area contributed by atoms with E-state index in [1.807, 2.05) is 46.7 Å². The molecule has 0 saturated carbocycles. The lowest BCUT2D eigenvalue weighted by atomic mass is 10.3. The Morgan fingerprint density at radius 3 is 2.78 bits per heavy atom. The SMILES string of the molecule is CNc1ncc(C)c(N(C)Cc2cnn(C)c2)n1. The maximum Gasteiger partial charge on any atom is 0.224 e. The average molecular weight is 246 g/mol. The van der Waals surface area contributed by atoms with E-state index in [0.717, 1.165) is 23.5 Å². The van der Waals surface area contributed by atoms with E-state index in [4.69, 9.17) is 0 Å². The number of hydrogen-bond donors (Lipinski definition) is 1. The average Bonchev–Trinajstić information content (AvgIpc) is 2.75. The van der Waals surface area contributed by atoms with Crippen molar-refractivity contribution in [1.82, 2.24) is 19.7 Å². The number of anilines is 2. The van der Waals surface area contributed by atoms with Crippen molar-refractivity contribution in [2.75, 3.05) is 24.3 Å². The van der Waals surface area contributed by atoms with Gasteiger partial charge in [0.25, 0.3) is 0 Å². The maximum absolute atomic E-state index is 4.47. The summed E-state index contributed by atoms with van der Waals surface area (Å²) < 4.78 is 1.80. The van der Waals surface area contributed by atoms with Crippen molar-refractivity contribution < 1.29 is 0 Å². The first-order valence-corrected chi connectivity index (χ1v) is 5.80. The van der Waals surface area contributed by atoms with E-state index >= 15 is 0 Å². The third-order valence-corrected chi connectivity index (χ3v) is 2.71.